The number of nitrogens with zero attached hydrogens (tertiary/aromatic N) is 2. The standard InChI is InChI=1S/C13H11N3OS/c1-18-13-14-10-7-8-11(17)15-12(10)16(13)9-5-3-2-4-6-9/h2-8H,1H3,(H,15,17). The number of para-hydroxylation sites is 1. The highest BCUT2D eigenvalue weighted by atomic mass is 32.2. The molecule has 5 heteroatoms. The molecule has 1 N–H and O–H groups in total. The van der Waals surface area contributed by atoms with Gasteiger partial charge in [0.1, 0.15) is 11.2 Å². The van der Waals surface area contributed by atoms with Crippen LogP contribution in [0.25, 0.3) is 16.9 Å². The zero-order valence-electron chi connectivity index (χ0n) is 9.75. The van der Waals surface area contributed by atoms with Crippen LogP contribution < -0.4 is 5.56 Å². The fourth-order valence-electron chi connectivity index (χ4n) is 1.92. The molecular formula is C13H11N3OS. The molecule has 0 bridgehead atoms. The Morgan fingerprint density at radius 2 is 1.94 bits per heavy atom. The number of hydrogen-bond donors (Lipinski definition) is 1. The Balaban J connectivity index is 2.39. The molecular weight excluding hydrogens is 246 g/mol. The smallest absolute Gasteiger partial charge is 0.249 e. The summed E-state index contributed by atoms with van der Waals surface area (Å²) < 4.78 is 1.96. The van der Waals surface area contributed by atoms with Crippen molar-refractivity contribution in [1.82, 2.24) is 14.5 Å². The first-order valence-electron chi connectivity index (χ1n) is 5.51. The van der Waals surface area contributed by atoms with Gasteiger partial charge in [-0.05, 0) is 24.5 Å². The molecule has 2 heterocycles. The quantitative estimate of drug-likeness (QED) is 0.717. The molecule has 2 aromatic heterocycles. The topological polar surface area (TPSA) is 50.7 Å². The van der Waals surface area contributed by atoms with E-state index < -0.39 is 0 Å². The van der Waals surface area contributed by atoms with Crippen LogP contribution in [0.2, 0.25) is 0 Å². The fourth-order valence-corrected chi connectivity index (χ4v) is 2.49. The van der Waals surface area contributed by atoms with Crippen molar-refractivity contribution in [3.63, 3.8) is 0 Å². The molecule has 0 saturated heterocycles. The number of nitrogens with one attached hydrogen (secondary N) is 1. The first-order chi connectivity index (χ1) is 8.79. The van der Waals surface area contributed by atoms with Gasteiger partial charge < -0.3 is 4.98 Å². The SMILES string of the molecule is CSc1nc2ccc(=O)[nH]c2n1-c1ccccc1. The highest BCUT2D eigenvalue weighted by molar-refractivity contribution is 7.98. The number of rotatable bonds is 2. The number of fused-ring (bicyclic) bond motifs is 1. The van der Waals surface area contributed by atoms with Gasteiger partial charge in [0.2, 0.25) is 5.56 Å². The van der Waals surface area contributed by atoms with Crippen molar-refractivity contribution in [3.05, 3.63) is 52.8 Å². The molecule has 0 radical (unpaired) electrons. The largest absolute Gasteiger partial charge is 0.306 e. The normalized spacial score (nSPS) is 10.9. The molecule has 0 spiro atoms. The van der Waals surface area contributed by atoms with E-state index in [2.05, 4.69) is 9.97 Å². The Morgan fingerprint density at radius 3 is 2.67 bits per heavy atom. The second-order valence-corrected chi connectivity index (χ2v) is 4.60. The van der Waals surface area contributed by atoms with E-state index in [0.29, 0.717) is 0 Å². The van der Waals surface area contributed by atoms with Gasteiger partial charge in [-0.2, -0.15) is 0 Å². The van der Waals surface area contributed by atoms with Crippen molar-refractivity contribution in [2.24, 2.45) is 0 Å². The number of H-pyrrole nitrogens is 1. The summed E-state index contributed by atoms with van der Waals surface area (Å²) in [4.78, 5) is 18.8. The van der Waals surface area contributed by atoms with Crippen LogP contribution >= 0.6 is 11.8 Å². The molecule has 0 aliphatic rings. The predicted molar refractivity (Wildman–Crippen MR) is 73.5 cm³/mol. The maximum Gasteiger partial charge on any atom is 0.249 e. The van der Waals surface area contributed by atoms with Crippen LogP contribution in [-0.2, 0) is 0 Å². The van der Waals surface area contributed by atoms with E-state index in [1.807, 2.05) is 41.2 Å². The summed E-state index contributed by atoms with van der Waals surface area (Å²) >= 11 is 1.55. The Bertz CT molecular complexity index is 746. The van der Waals surface area contributed by atoms with Gasteiger partial charge in [0, 0.05) is 11.8 Å². The Labute approximate surface area is 108 Å². The lowest BCUT2D eigenvalue weighted by atomic mass is 10.3. The lowest BCUT2D eigenvalue weighted by Gasteiger charge is -2.06. The van der Waals surface area contributed by atoms with Crippen molar-refractivity contribution in [2.45, 2.75) is 5.16 Å². The van der Waals surface area contributed by atoms with Crippen LogP contribution in [0, 0.1) is 0 Å². The van der Waals surface area contributed by atoms with Gasteiger partial charge in [0.25, 0.3) is 0 Å². The zero-order valence-corrected chi connectivity index (χ0v) is 10.6. The molecule has 90 valence electrons. The molecule has 3 aromatic rings. The summed E-state index contributed by atoms with van der Waals surface area (Å²) in [6, 6.07) is 13.1. The zero-order chi connectivity index (χ0) is 12.5. The summed E-state index contributed by atoms with van der Waals surface area (Å²) in [7, 11) is 0. The van der Waals surface area contributed by atoms with E-state index in [1.54, 1.807) is 17.8 Å². The predicted octanol–water partition coefficient (Wildman–Crippen LogP) is 2.44. The molecule has 1 aromatic carbocycles. The summed E-state index contributed by atoms with van der Waals surface area (Å²) in [5.74, 6) is 0. The maximum absolute atomic E-state index is 11.5. The third-order valence-corrected chi connectivity index (χ3v) is 3.34. The highest BCUT2D eigenvalue weighted by Gasteiger charge is 2.11. The van der Waals surface area contributed by atoms with Crippen LogP contribution in [0.3, 0.4) is 0 Å². The Morgan fingerprint density at radius 1 is 1.17 bits per heavy atom. The molecule has 0 saturated carbocycles. The number of pyridine rings is 1. The van der Waals surface area contributed by atoms with Crippen LogP contribution in [0.5, 0.6) is 0 Å². The maximum atomic E-state index is 11.5. The molecule has 0 aliphatic heterocycles. The van der Waals surface area contributed by atoms with E-state index in [4.69, 9.17) is 0 Å². The minimum absolute atomic E-state index is 0.118. The van der Waals surface area contributed by atoms with Gasteiger partial charge >= 0.3 is 0 Å². The average molecular weight is 257 g/mol. The molecule has 4 nitrogen and oxygen atoms in total. The molecule has 3 rings (SSSR count). The third-order valence-electron chi connectivity index (χ3n) is 2.70. The number of benzene rings is 1. The Kier molecular flexibility index (Phi) is 2.68. The van der Waals surface area contributed by atoms with Crippen molar-refractivity contribution in [1.29, 1.82) is 0 Å². The summed E-state index contributed by atoms with van der Waals surface area (Å²) in [5.41, 5.74) is 2.40. The second kappa shape index (κ2) is 4.34. The average Bonchev–Trinajstić information content (AvgIpc) is 2.77. The summed E-state index contributed by atoms with van der Waals surface area (Å²) in [6.07, 6.45) is 1.97. The minimum Gasteiger partial charge on any atom is -0.306 e. The molecule has 0 atom stereocenters. The van der Waals surface area contributed by atoms with Gasteiger partial charge in [-0.25, -0.2) is 4.98 Å². The van der Waals surface area contributed by atoms with E-state index in [0.717, 1.165) is 22.0 Å². The number of aromatic amines is 1. The summed E-state index contributed by atoms with van der Waals surface area (Å²) in [6.45, 7) is 0. The number of aromatic nitrogens is 3. The van der Waals surface area contributed by atoms with Gasteiger partial charge in [-0.1, -0.05) is 30.0 Å². The number of thioether (sulfide) groups is 1. The molecule has 0 unspecified atom stereocenters. The third kappa shape index (κ3) is 1.73. The molecule has 0 aliphatic carbocycles. The first kappa shape index (κ1) is 11.1. The Hall–Kier alpha value is -2.01. The van der Waals surface area contributed by atoms with Gasteiger partial charge in [-0.15, -0.1) is 0 Å². The fraction of sp³-hybridized carbons (Fsp3) is 0.0769. The molecule has 0 amide bonds. The van der Waals surface area contributed by atoms with E-state index in [-0.39, 0.29) is 5.56 Å². The van der Waals surface area contributed by atoms with E-state index in [9.17, 15) is 4.79 Å². The van der Waals surface area contributed by atoms with Crippen molar-refractivity contribution >= 4 is 22.9 Å². The van der Waals surface area contributed by atoms with Crippen molar-refractivity contribution < 1.29 is 0 Å². The molecule has 18 heavy (non-hydrogen) atoms. The lowest BCUT2D eigenvalue weighted by Crippen LogP contribution is -2.05. The second-order valence-electron chi connectivity index (χ2n) is 3.83. The summed E-state index contributed by atoms with van der Waals surface area (Å²) in [5, 5.41) is 0.859. The van der Waals surface area contributed by atoms with Crippen molar-refractivity contribution in [3.8, 4) is 5.69 Å². The number of hydrogen-bond acceptors (Lipinski definition) is 3. The van der Waals surface area contributed by atoms with Crippen LogP contribution in [0.4, 0.5) is 0 Å². The van der Waals surface area contributed by atoms with Gasteiger partial charge in [-0.3, -0.25) is 9.36 Å². The monoisotopic (exact) mass is 257 g/mol. The first-order valence-corrected chi connectivity index (χ1v) is 6.73. The minimum atomic E-state index is -0.118. The lowest BCUT2D eigenvalue weighted by molar-refractivity contribution is 0.910. The number of imidazole rings is 1. The van der Waals surface area contributed by atoms with Crippen LogP contribution in [0.15, 0.2) is 52.4 Å². The van der Waals surface area contributed by atoms with E-state index in [1.165, 1.54) is 6.07 Å². The van der Waals surface area contributed by atoms with Crippen LogP contribution in [0.1, 0.15) is 0 Å². The van der Waals surface area contributed by atoms with E-state index >= 15 is 0 Å². The van der Waals surface area contributed by atoms with Crippen LogP contribution in [-0.4, -0.2) is 20.8 Å². The van der Waals surface area contributed by atoms with Gasteiger partial charge in [0.15, 0.2) is 5.16 Å². The van der Waals surface area contributed by atoms with Crippen molar-refractivity contribution in [2.75, 3.05) is 6.26 Å². The van der Waals surface area contributed by atoms with Gasteiger partial charge in [0.05, 0.1) is 0 Å². The molecule has 0 fully saturated rings. The highest BCUT2D eigenvalue weighted by Crippen LogP contribution is 2.24.